The first kappa shape index (κ1) is 15.5. The zero-order chi connectivity index (χ0) is 13.5. The lowest BCUT2D eigenvalue weighted by Gasteiger charge is -2.19. The van der Waals surface area contributed by atoms with Crippen molar-refractivity contribution in [3.63, 3.8) is 0 Å². The Balaban J connectivity index is 2.61. The Hall–Kier alpha value is -0.550. The van der Waals surface area contributed by atoms with Crippen molar-refractivity contribution in [3.05, 3.63) is 12.2 Å². The van der Waals surface area contributed by atoms with E-state index >= 15 is 0 Å². The van der Waals surface area contributed by atoms with Crippen molar-refractivity contribution in [1.82, 2.24) is 20.1 Å². The van der Waals surface area contributed by atoms with E-state index < -0.39 is 0 Å². The molecule has 0 saturated carbocycles. The molecule has 0 aliphatic rings. The normalized spacial score (nSPS) is 13.5. The molecule has 18 heavy (non-hydrogen) atoms. The summed E-state index contributed by atoms with van der Waals surface area (Å²) in [5.41, 5.74) is 0. The molecule has 0 spiro atoms. The van der Waals surface area contributed by atoms with E-state index in [4.69, 9.17) is 0 Å². The Bertz CT molecular complexity index is 335. The van der Waals surface area contributed by atoms with Crippen LogP contribution < -0.4 is 5.32 Å². The molecule has 0 aliphatic carbocycles. The van der Waals surface area contributed by atoms with Crippen LogP contribution in [0, 0.1) is 0 Å². The second-order valence-corrected chi connectivity index (χ2v) is 6.66. The van der Waals surface area contributed by atoms with Gasteiger partial charge in [0, 0.05) is 24.3 Å². The van der Waals surface area contributed by atoms with Crippen molar-refractivity contribution in [2.45, 2.75) is 58.4 Å². The number of thioether (sulfide) groups is 1. The van der Waals surface area contributed by atoms with E-state index in [9.17, 15) is 0 Å². The predicted molar refractivity (Wildman–Crippen MR) is 79.2 cm³/mol. The highest BCUT2D eigenvalue weighted by atomic mass is 32.2. The molecular formula is C13H26N4S. The summed E-state index contributed by atoms with van der Waals surface area (Å²) in [5, 5.41) is 8.51. The third-order valence-electron chi connectivity index (χ3n) is 2.69. The van der Waals surface area contributed by atoms with E-state index in [1.165, 1.54) is 0 Å². The molecule has 0 bridgehead atoms. The van der Waals surface area contributed by atoms with Crippen LogP contribution in [0.5, 0.6) is 0 Å². The number of rotatable bonds is 8. The molecule has 1 N–H and O–H groups in total. The molecule has 1 unspecified atom stereocenters. The number of hydrogen-bond acceptors (Lipinski definition) is 4. The first-order valence-electron chi connectivity index (χ1n) is 6.77. The van der Waals surface area contributed by atoms with Crippen LogP contribution in [0.25, 0.3) is 0 Å². The molecule has 5 heteroatoms. The molecule has 0 radical (unpaired) electrons. The first-order chi connectivity index (χ1) is 8.54. The number of nitrogens with zero attached hydrogens (tertiary/aromatic N) is 3. The zero-order valence-corrected chi connectivity index (χ0v) is 13.0. The fourth-order valence-corrected chi connectivity index (χ4v) is 2.71. The van der Waals surface area contributed by atoms with E-state index in [0.29, 0.717) is 17.3 Å². The maximum atomic E-state index is 4.39. The smallest absolute Gasteiger partial charge is 0.138 e. The summed E-state index contributed by atoms with van der Waals surface area (Å²) in [6, 6.07) is 0.853. The van der Waals surface area contributed by atoms with Crippen molar-refractivity contribution in [2.75, 3.05) is 12.3 Å². The lowest BCUT2D eigenvalue weighted by atomic mass is 10.2. The topological polar surface area (TPSA) is 42.7 Å². The Kier molecular flexibility index (Phi) is 6.71. The molecule has 104 valence electrons. The van der Waals surface area contributed by atoms with E-state index in [-0.39, 0.29) is 0 Å². The molecule has 0 fully saturated rings. The van der Waals surface area contributed by atoms with Gasteiger partial charge in [-0.25, -0.2) is 9.67 Å². The maximum absolute atomic E-state index is 4.39. The number of hydrogen-bond donors (Lipinski definition) is 1. The zero-order valence-electron chi connectivity index (χ0n) is 12.2. The summed E-state index contributed by atoms with van der Waals surface area (Å²) in [6.45, 7) is 11.9. The maximum Gasteiger partial charge on any atom is 0.138 e. The van der Waals surface area contributed by atoms with Crippen molar-refractivity contribution < 1.29 is 0 Å². The summed E-state index contributed by atoms with van der Waals surface area (Å²) in [5.74, 6) is 2.21. The Morgan fingerprint density at radius 3 is 2.61 bits per heavy atom. The molecule has 1 atom stereocenters. The standard InChI is InChI=1S/C13H26N4S/c1-6-14-12(8-18-11(4)5)7-13-15-9-16-17(13)10(2)3/h9-12,14H,6-8H2,1-5H3. The number of nitrogens with one attached hydrogen (secondary N) is 1. The van der Waals surface area contributed by atoms with Gasteiger partial charge >= 0.3 is 0 Å². The summed E-state index contributed by atoms with van der Waals surface area (Å²) < 4.78 is 2.02. The summed E-state index contributed by atoms with van der Waals surface area (Å²) >= 11 is 2.00. The van der Waals surface area contributed by atoms with Crippen LogP contribution in [0.2, 0.25) is 0 Å². The molecule has 1 rings (SSSR count). The molecule has 0 aliphatic heterocycles. The van der Waals surface area contributed by atoms with E-state index in [2.05, 4.69) is 50.0 Å². The SMILES string of the molecule is CCNC(CSC(C)C)Cc1ncnn1C(C)C. The van der Waals surface area contributed by atoms with Gasteiger partial charge in [0.15, 0.2) is 0 Å². The summed E-state index contributed by atoms with van der Waals surface area (Å²) in [6.07, 6.45) is 2.61. The minimum atomic E-state index is 0.377. The Morgan fingerprint density at radius 1 is 1.33 bits per heavy atom. The van der Waals surface area contributed by atoms with E-state index in [1.807, 2.05) is 16.4 Å². The average Bonchev–Trinajstić information content (AvgIpc) is 2.74. The summed E-state index contributed by atoms with van der Waals surface area (Å²) in [7, 11) is 0. The van der Waals surface area contributed by atoms with Crippen LogP contribution >= 0.6 is 11.8 Å². The molecule has 4 nitrogen and oxygen atoms in total. The highest BCUT2D eigenvalue weighted by molar-refractivity contribution is 7.99. The van der Waals surface area contributed by atoms with Gasteiger partial charge < -0.3 is 5.32 Å². The van der Waals surface area contributed by atoms with Gasteiger partial charge in [-0.1, -0.05) is 20.8 Å². The van der Waals surface area contributed by atoms with Gasteiger partial charge in [0.2, 0.25) is 0 Å². The Morgan fingerprint density at radius 2 is 2.06 bits per heavy atom. The fourth-order valence-electron chi connectivity index (χ4n) is 1.86. The molecule has 1 aromatic rings. The highest BCUT2D eigenvalue weighted by Gasteiger charge is 2.15. The molecule has 0 saturated heterocycles. The lowest BCUT2D eigenvalue weighted by Crippen LogP contribution is -2.34. The first-order valence-corrected chi connectivity index (χ1v) is 7.82. The van der Waals surface area contributed by atoms with Gasteiger partial charge in [-0.15, -0.1) is 0 Å². The van der Waals surface area contributed by atoms with Crippen molar-refractivity contribution in [3.8, 4) is 0 Å². The number of aromatic nitrogens is 3. The van der Waals surface area contributed by atoms with Crippen LogP contribution in [0.1, 0.15) is 46.5 Å². The third-order valence-corrected chi connectivity index (χ3v) is 3.95. The molecule has 1 aromatic heterocycles. The van der Waals surface area contributed by atoms with Crippen LogP contribution in [-0.4, -0.2) is 38.4 Å². The van der Waals surface area contributed by atoms with E-state index in [1.54, 1.807) is 6.33 Å². The second-order valence-electron chi connectivity index (χ2n) is 5.06. The van der Waals surface area contributed by atoms with Gasteiger partial charge in [0.05, 0.1) is 0 Å². The fraction of sp³-hybridized carbons (Fsp3) is 0.846. The highest BCUT2D eigenvalue weighted by Crippen LogP contribution is 2.14. The molecule has 0 aromatic carbocycles. The predicted octanol–water partition coefficient (Wildman–Crippen LogP) is 2.52. The molecule has 1 heterocycles. The molecular weight excluding hydrogens is 244 g/mol. The van der Waals surface area contributed by atoms with Gasteiger partial charge in [-0.3, -0.25) is 0 Å². The minimum Gasteiger partial charge on any atom is -0.313 e. The van der Waals surface area contributed by atoms with Crippen molar-refractivity contribution in [1.29, 1.82) is 0 Å². The van der Waals surface area contributed by atoms with Crippen molar-refractivity contribution in [2.24, 2.45) is 0 Å². The van der Waals surface area contributed by atoms with E-state index in [0.717, 1.165) is 24.5 Å². The number of likely N-dealkylation sites (N-methyl/N-ethyl adjacent to an activating group) is 1. The van der Waals surface area contributed by atoms with Gasteiger partial charge in [-0.05, 0) is 25.6 Å². The largest absolute Gasteiger partial charge is 0.313 e. The monoisotopic (exact) mass is 270 g/mol. The Labute approximate surface area is 115 Å². The van der Waals surface area contributed by atoms with Crippen LogP contribution in [-0.2, 0) is 6.42 Å². The van der Waals surface area contributed by atoms with Gasteiger partial charge in [0.25, 0.3) is 0 Å². The second kappa shape index (κ2) is 7.79. The minimum absolute atomic E-state index is 0.377. The molecule has 0 amide bonds. The van der Waals surface area contributed by atoms with Crippen LogP contribution in [0.3, 0.4) is 0 Å². The van der Waals surface area contributed by atoms with Gasteiger partial charge in [-0.2, -0.15) is 16.9 Å². The van der Waals surface area contributed by atoms with Crippen LogP contribution in [0.15, 0.2) is 6.33 Å². The average molecular weight is 270 g/mol. The lowest BCUT2D eigenvalue weighted by molar-refractivity contribution is 0.477. The quantitative estimate of drug-likeness (QED) is 0.788. The summed E-state index contributed by atoms with van der Waals surface area (Å²) in [4.78, 5) is 4.39. The van der Waals surface area contributed by atoms with Gasteiger partial charge in [0.1, 0.15) is 12.2 Å². The van der Waals surface area contributed by atoms with Crippen molar-refractivity contribution >= 4 is 11.8 Å². The third kappa shape index (κ3) is 4.98. The van der Waals surface area contributed by atoms with Crippen LogP contribution in [0.4, 0.5) is 0 Å².